The highest BCUT2D eigenvalue weighted by molar-refractivity contribution is 5.69. The molecule has 0 fully saturated rings. The first kappa shape index (κ1) is 10.2. The highest BCUT2D eigenvalue weighted by atomic mass is 16.4. The van der Waals surface area contributed by atoms with Gasteiger partial charge in [-0.1, -0.05) is 6.08 Å². The van der Waals surface area contributed by atoms with Gasteiger partial charge >= 0.3 is 5.97 Å². The van der Waals surface area contributed by atoms with Crippen molar-refractivity contribution in [1.82, 2.24) is 5.32 Å². The van der Waals surface area contributed by atoms with Crippen molar-refractivity contribution in [3.63, 3.8) is 0 Å². The Labute approximate surface area is 67.1 Å². The summed E-state index contributed by atoms with van der Waals surface area (Å²) in [5.74, 6) is -0.810. The molecular weight excluding hydrogens is 142 g/mol. The van der Waals surface area contributed by atoms with Gasteiger partial charge in [-0.15, -0.1) is 6.58 Å². The molecule has 0 saturated heterocycles. The first-order chi connectivity index (χ1) is 5.16. The predicted molar refractivity (Wildman–Crippen MR) is 44.5 cm³/mol. The third-order valence-electron chi connectivity index (χ3n) is 1.41. The Hall–Kier alpha value is -0.830. The van der Waals surface area contributed by atoms with Crippen molar-refractivity contribution in [3.05, 3.63) is 12.7 Å². The molecule has 0 rings (SSSR count). The summed E-state index contributed by atoms with van der Waals surface area (Å²) in [7, 11) is 0. The zero-order valence-corrected chi connectivity index (χ0v) is 6.84. The van der Waals surface area contributed by atoms with Crippen molar-refractivity contribution in [2.75, 3.05) is 6.54 Å². The molecule has 0 bridgehead atoms. The Balaban J connectivity index is 3.28. The minimum atomic E-state index is -0.810. The van der Waals surface area contributed by atoms with Crippen LogP contribution >= 0.6 is 0 Å². The van der Waals surface area contributed by atoms with Gasteiger partial charge in [-0.3, -0.25) is 4.79 Å². The molecule has 0 radical (unpaired) electrons. The zero-order chi connectivity index (χ0) is 8.69. The summed E-state index contributed by atoms with van der Waals surface area (Å²) in [6, 6.07) is 0.254. The predicted octanol–water partition coefficient (Wildman–Crippen LogP) is 1.02. The van der Waals surface area contributed by atoms with Crippen LogP contribution in [0.2, 0.25) is 0 Å². The van der Waals surface area contributed by atoms with Gasteiger partial charge < -0.3 is 10.4 Å². The van der Waals surface area contributed by atoms with E-state index in [0.29, 0.717) is 0 Å². The molecule has 0 aliphatic carbocycles. The minimum absolute atomic E-state index is 0.0400. The van der Waals surface area contributed by atoms with E-state index in [0.717, 1.165) is 12.8 Å². The lowest BCUT2D eigenvalue weighted by atomic mass is 10.2. The maximum absolute atomic E-state index is 10.1. The van der Waals surface area contributed by atoms with Crippen LogP contribution in [0, 0.1) is 0 Å². The molecule has 1 unspecified atom stereocenters. The Morgan fingerprint density at radius 3 is 2.91 bits per heavy atom. The summed E-state index contributed by atoms with van der Waals surface area (Å²) in [4.78, 5) is 10.1. The lowest BCUT2D eigenvalue weighted by Crippen LogP contribution is -2.31. The molecule has 0 aliphatic rings. The quantitative estimate of drug-likeness (QED) is 0.566. The van der Waals surface area contributed by atoms with E-state index < -0.39 is 5.97 Å². The van der Waals surface area contributed by atoms with Crippen LogP contribution in [0.1, 0.15) is 19.8 Å². The summed E-state index contributed by atoms with van der Waals surface area (Å²) in [5.41, 5.74) is 0. The maximum Gasteiger partial charge on any atom is 0.317 e. The molecule has 0 amide bonds. The maximum atomic E-state index is 10.1. The number of aliphatic carboxylic acids is 1. The SMILES string of the molecule is C=CCCC(C)NCC(=O)O. The topological polar surface area (TPSA) is 49.3 Å². The van der Waals surface area contributed by atoms with Gasteiger partial charge in [0.05, 0.1) is 6.54 Å². The van der Waals surface area contributed by atoms with Crippen molar-refractivity contribution in [2.45, 2.75) is 25.8 Å². The number of carboxylic acid groups (broad SMARTS) is 1. The fourth-order valence-corrected chi connectivity index (χ4v) is 0.731. The van der Waals surface area contributed by atoms with Gasteiger partial charge in [-0.25, -0.2) is 0 Å². The second-order valence-electron chi connectivity index (χ2n) is 2.54. The Morgan fingerprint density at radius 1 is 1.82 bits per heavy atom. The fraction of sp³-hybridized carbons (Fsp3) is 0.625. The molecule has 0 aliphatic heterocycles. The second-order valence-corrected chi connectivity index (χ2v) is 2.54. The first-order valence-electron chi connectivity index (χ1n) is 3.73. The standard InChI is InChI=1S/C8H15NO2/c1-3-4-5-7(2)9-6-8(10)11/h3,7,9H,1,4-6H2,2H3,(H,10,11). The third-order valence-corrected chi connectivity index (χ3v) is 1.41. The van der Waals surface area contributed by atoms with E-state index >= 15 is 0 Å². The van der Waals surface area contributed by atoms with Crippen molar-refractivity contribution < 1.29 is 9.90 Å². The molecule has 64 valence electrons. The Morgan fingerprint density at radius 2 is 2.45 bits per heavy atom. The number of hydrogen-bond donors (Lipinski definition) is 2. The van der Waals surface area contributed by atoms with Gasteiger partial charge in [-0.05, 0) is 19.8 Å². The number of nitrogens with one attached hydrogen (secondary N) is 1. The number of allylic oxidation sites excluding steroid dienone is 1. The van der Waals surface area contributed by atoms with E-state index in [9.17, 15) is 4.79 Å². The van der Waals surface area contributed by atoms with Crippen molar-refractivity contribution in [3.8, 4) is 0 Å². The van der Waals surface area contributed by atoms with Crippen molar-refractivity contribution in [1.29, 1.82) is 0 Å². The van der Waals surface area contributed by atoms with Gasteiger partial charge in [0.15, 0.2) is 0 Å². The second kappa shape index (κ2) is 5.92. The number of carbonyl (C=O) groups is 1. The first-order valence-corrected chi connectivity index (χ1v) is 3.73. The van der Waals surface area contributed by atoms with Crippen LogP contribution in [0.3, 0.4) is 0 Å². The third kappa shape index (κ3) is 7.06. The minimum Gasteiger partial charge on any atom is -0.480 e. The molecule has 11 heavy (non-hydrogen) atoms. The smallest absolute Gasteiger partial charge is 0.317 e. The van der Waals surface area contributed by atoms with E-state index in [1.165, 1.54) is 0 Å². The number of rotatable bonds is 6. The molecule has 3 heteroatoms. The molecule has 1 atom stereocenters. The van der Waals surface area contributed by atoms with Gasteiger partial charge in [0.25, 0.3) is 0 Å². The molecule has 0 saturated carbocycles. The van der Waals surface area contributed by atoms with E-state index in [-0.39, 0.29) is 12.6 Å². The van der Waals surface area contributed by atoms with Gasteiger partial charge in [0.2, 0.25) is 0 Å². The van der Waals surface area contributed by atoms with Crippen LogP contribution in [0.5, 0.6) is 0 Å². The Bertz CT molecular complexity index is 134. The monoisotopic (exact) mass is 157 g/mol. The van der Waals surface area contributed by atoms with Crippen molar-refractivity contribution >= 4 is 5.97 Å². The lowest BCUT2D eigenvalue weighted by molar-refractivity contribution is -0.136. The molecule has 0 aromatic heterocycles. The summed E-state index contributed by atoms with van der Waals surface area (Å²) < 4.78 is 0. The molecule has 3 nitrogen and oxygen atoms in total. The lowest BCUT2D eigenvalue weighted by Gasteiger charge is -2.09. The molecule has 2 N–H and O–H groups in total. The molecule has 0 aromatic carbocycles. The van der Waals surface area contributed by atoms with E-state index in [1.54, 1.807) is 0 Å². The molecule has 0 aromatic rings. The summed E-state index contributed by atoms with van der Waals surface area (Å²) in [5, 5.41) is 11.2. The van der Waals surface area contributed by atoms with Gasteiger partial charge in [-0.2, -0.15) is 0 Å². The van der Waals surface area contributed by atoms with Crippen LogP contribution in [0.15, 0.2) is 12.7 Å². The molecular formula is C8H15NO2. The molecule has 0 spiro atoms. The Kier molecular flexibility index (Phi) is 5.47. The van der Waals surface area contributed by atoms with Crippen LogP contribution in [0.25, 0.3) is 0 Å². The average Bonchev–Trinajstić information content (AvgIpc) is 1.97. The van der Waals surface area contributed by atoms with Gasteiger partial charge in [0, 0.05) is 6.04 Å². The van der Waals surface area contributed by atoms with Crippen LogP contribution in [-0.2, 0) is 4.79 Å². The van der Waals surface area contributed by atoms with Gasteiger partial charge in [0.1, 0.15) is 0 Å². The number of carboxylic acids is 1. The van der Waals surface area contributed by atoms with E-state index in [4.69, 9.17) is 5.11 Å². The van der Waals surface area contributed by atoms with Crippen molar-refractivity contribution in [2.24, 2.45) is 0 Å². The van der Waals surface area contributed by atoms with Crippen LogP contribution < -0.4 is 5.32 Å². The summed E-state index contributed by atoms with van der Waals surface area (Å²) in [6.07, 6.45) is 3.70. The highest BCUT2D eigenvalue weighted by Gasteiger charge is 2.01. The fourth-order valence-electron chi connectivity index (χ4n) is 0.731. The largest absolute Gasteiger partial charge is 0.480 e. The van der Waals surface area contributed by atoms with Crippen LogP contribution in [0.4, 0.5) is 0 Å². The zero-order valence-electron chi connectivity index (χ0n) is 6.84. The normalized spacial score (nSPS) is 12.5. The molecule has 0 heterocycles. The van der Waals surface area contributed by atoms with E-state index in [1.807, 2.05) is 13.0 Å². The highest BCUT2D eigenvalue weighted by Crippen LogP contribution is 1.95. The van der Waals surface area contributed by atoms with Crippen LogP contribution in [-0.4, -0.2) is 23.7 Å². The summed E-state index contributed by atoms with van der Waals surface area (Å²) in [6.45, 7) is 5.59. The summed E-state index contributed by atoms with van der Waals surface area (Å²) >= 11 is 0. The van der Waals surface area contributed by atoms with E-state index in [2.05, 4.69) is 11.9 Å². The number of hydrogen-bond acceptors (Lipinski definition) is 2. The average molecular weight is 157 g/mol.